The summed E-state index contributed by atoms with van der Waals surface area (Å²) in [5.41, 5.74) is 8.29. The third kappa shape index (κ3) is 1.35. The van der Waals surface area contributed by atoms with E-state index in [1.54, 1.807) is 7.11 Å². The maximum atomic E-state index is 5.84. The van der Waals surface area contributed by atoms with Gasteiger partial charge in [-0.2, -0.15) is 0 Å². The van der Waals surface area contributed by atoms with Gasteiger partial charge in [0.15, 0.2) is 0 Å². The molecule has 1 atom stereocenters. The minimum Gasteiger partial charge on any atom is -0.372 e. The molecule has 1 aromatic carbocycles. The molecule has 1 aromatic rings. The van der Waals surface area contributed by atoms with E-state index in [1.807, 2.05) is 0 Å². The van der Waals surface area contributed by atoms with Crippen LogP contribution in [0.1, 0.15) is 24.0 Å². The number of ether oxygens (including phenoxy) is 1. The number of methoxy groups -OCH3 is 1. The summed E-state index contributed by atoms with van der Waals surface area (Å²) in [5.74, 6) is 0. The van der Waals surface area contributed by atoms with Gasteiger partial charge in [-0.3, -0.25) is 0 Å². The van der Waals surface area contributed by atoms with E-state index in [4.69, 9.17) is 10.5 Å². The van der Waals surface area contributed by atoms with Crippen molar-refractivity contribution in [2.75, 3.05) is 13.7 Å². The maximum Gasteiger partial charge on any atom is 0.105 e. The SMILES string of the molecule is COC1(CN)CCCc2ccccc21. The van der Waals surface area contributed by atoms with Crippen LogP contribution in [0.3, 0.4) is 0 Å². The lowest BCUT2D eigenvalue weighted by Gasteiger charge is -2.37. The Bertz CT molecular complexity index is 318. The molecule has 14 heavy (non-hydrogen) atoms. The molecule has 0 heterocycles. The van der Waals surface area contributed by atoms with E-state index in [9.17, 15) is 0 Å². The van der Waals surface area contributed by atoms with Crippen molar-refractivity contribution in [1.29, 1.82) is 0 Å². The summed E-state index contributed by atoms with van der Waals surface area (Å²) in [6.45, 7) is 0.570. The first kappa shape index (κ1) is 9.69. The summed E-state index contributed by atoms with van der Waals surface area (Å²) < 4.78 is 5.63. The molecule has 2 heteroatoms. The Kier molecular flexibility index (Phi) is 2.57. The lowest BCUT2D eigenvalue weighted by molar-refractivity contribution is -0.0211. The molecule has 1 aliphatic rings. The molecule has 2 nitrogen and oxygen atoms in total. The molecule has 2 N–H and O–H groups in total. The second-order valence-corrected chi connectivity index (χ2v) is 3.91. The van der Waals surface area contributed by atoms with E-state index >= 15 is 0 Å². The standard InChI is InChI=1S/C12H17NO/c1-14-12(9-13)8-4-6-10-5-2-3-7-11(10)12/h2-3,5,7H,4,6,8-9,13H2,1H3. The van der Waals surface area contributed by atoms with Crippen LogP contribution in [-0.2, 0) is 16.8 Å². The van der Waals surface area contributed by atoms with Gasteiger partial charge in [-0.05, 0) is 30.4 Å². The van der Waals surface area contributed by atoms with Gasteiger partial charge in [0, 0.05) is 13.7 Å². The minimum absolute atomic E-state index is 0.227. The number of hydrogen-bond acceptors (Lipinski definition) is 2. The zero-order valence-corrected chi connectivity index (χ0v) is 8.62. The lowest BCUT2D eigenvalue weighted by atomic mass is 9.79. The molecule has 0 spiro atoms. The zero-order valence-electron chi connectivity index (χ0n) is 8.62. The molecule has 1 aliphatic carbocycles. The second-order valence-electron chi connectivity index (χ2n) is 3.91. The number of rotatable bonds is 2. The van der Waals surface area contributed by atoms with Crippen LogP contribution in [0.5, 0.6) is 0 Å². The first-order chi connectivity index (χ1) is 6.82. The Morgan fingerprint density at radius 1 is 1.43 bits per heavy atom. The van der Waals surface area contributed by atoms with Gasteiger partial charge >= 0.3 is 0 Å². The molecule has 0 amide bonds. The van der Waals surface area contributed by atoms with Crippen LogP contribution in [0.15, 0.2) is 24.3 Å². The van der Waals surface area contributed by atoms with Crippen molar-refractivity contribution < 1.29 is 4.74 Å². The van der Waals surface area contributed by atoms with Gasteiger partial charge in [0.1, 0.15) is 5.60 Å². The molecule has 1 unspecified atom stereocenters. The molecule has 0 bridgehead atoms. The first-order valence-electron chi connectivity index (χ1n) is 5.16. The van der Waals surface area contributed by atoms with E-state index in [2.05, 4.69) is 24.3 Å². The monoisotopic (exact) mass is 191 g/mol. The fourth-order valence-corrected chi connectivity index (χ4v) is 2.39. The number of benzene rings is 1. The Labute approximate surface area is 85.1 Å². The van der Waals surface area contributed by atoms with Crippen molar-refractivity contribution >= 4 is 0 Å². The van der Waals surface area contributed by atoms with Crippen molar-refractivity contribution in [1.82, 2.24) is 0 Å². The molecule has 76 valence electrons. The minimum atomic E-state index is -0.227. The van der Waals surface area contributed by atoms with Crippen molar-refractivity contribution in [3.8, 4) is 0 Å². The summed E-state index contributed by atoms with van der Waals surface area (Å²) in [6, 6.07) is 8.47. The summed E-state index contributed by atoms with van der Waals surface area (Å²) >= 11 is 0. The van der Waals surface area contributed by atoms with Crippen LogP contribution in [0.4, 0.5) is 0 Å². The van der Waals surface area contributed by atoms with Crippen molar-refractivity contribution in [2.45, 2.75) is 24.9 Å². The van der Waals surface area contributed by atoms with Crippen LogP contribution >= 0.6 is 0 Å². The molecular weight excluding hydrogens is 174 g/mol. The highest BCUT2D eigenvalue weighted by atomic mass is 16.5. The van der Waals surface area contributed by atoms with Crippen LogP contribution < -0.4 is 5.73 Å². The quantitative estimate of drug-likeness (QED) is 0.774. The van der Waals surface area contributed by atoms with Crippen molar-refractivity contribution in [3.63, 3.8) is 0 Å². The molecule has 0 saturated heterocycles. The number of hydrogen-bond donors (Lipinski definition) is 1. The molecule has 0 fully saturated rings. The van der Waals surface area contributed by atoms with E-state index < -0.39 is 0 Å². The van der Waals surface area contributed by atoms with Crippen LogP contribution in [0.2, 0.25) is 0 Å². The number of nitrogens with two attached hydrogens (primary N) is 1. The van der Waals surface area contributed by atoms with E-state index in [1.165, 1.54) is 17.5 Å². The van der Waals surface area contributed by atoms with Crippen LogP contribution in [-0.4, -0.2) is 13.7 Å². The summed E-state index contributed by atoms with van der Waals surface area (Å²) in [5, 5.41) is 0. The number of fused-ring (bicyclic) bond motifs is 1. The lowest BCUT2D eigenvalue weighted by Crippen LogP contribution is -2.40. The third-order valence-corrected chi connectivity index (χ3v) is 3.26. The Morgan fingerprint density at radius 3 is 2.93 bits per heavy atom. The summed E-state index contributed by atoms with van der Waals surface area (Å²) in [6.07, 6.45) is 3.36. The topological polar surface area (TPSA) is 35.2 Å². The normalized spacial score (nSPS) is 25.9. The molecule has 0 aromatic heterocycles. The van der Waals surface area contributed by atoms with E-state index in [0.29, 0.717) is 6.54 Å². The average Bonchev–Trinajstić information content (AvgIpc) is 2.28. The van der Waals surface area contributed by atoms with Gasteiger partial charge in [-0.25, -0.2) is 0 Å². The van der Waals surface area contributed by atoms with Gasteiger partial charge in [0.05, 0.1) is 0 Å². The highest BCUT2D eigenvalue weighted by Crippen LogP contribution is 2.36. The number of aryl methyl sites for hydroxylation is 1. The molecular formula is C12H17NO. The van der Waals surface area contributed by atoms with Crippen LogP contribution in [0.25, 0.3) is 0 Å². The molecule has 0 aliphatic heterocycles. The molecule has 0 radical (unpaired) electrons. The largest absolute Gasteiger partial charge is 0.372 e. The van der Waals surface area contributed by atoms with Crippen molar-refractivity contribution in [2.24, 2.45) is 5.73 Å². The Balaban J connectivity index is 2.48. The predicted molar refractivity (Wildman–Crippen MR) is 57.1 cm³/mol. The second kappa shape index (κ2) is 3.71. The summed E-state index contributed by atoms with van der Waals surface area (Å²) in [7, 11) is 1.76. The summed E-state index contributed by atoms with van der Waals surface area (Å²) in [4.78, 5) is 0. The molecule has 2 rings (SSSR count). The van der Waals surface area contributed by atoms with Crippen LogP contribution in [0, 0.1) is 0 Å². The van der Waals surface area contributed by atoms with Gasteiger partial charge < -0.3 is 10.5 Å². The van der Waals surface area contributed by atoms with Gasteiger partial charge in [-0.1, -0.05) is 24.3 Å². The van der Waals surface area contributed by atoms with Gasteiger partial charge in [-0.15, -0.1) is 0 Å². The third-order valence-electron chi connectivity index (χ3n) is 3.26. The average molecular weight is 191 g/mol. The highest BCUT2D eigenvalue weighted by molar-refractivity contribution is 5.35. The van der Waals surface area contributed by atoms with E-state index in [-0.39, 0.29) is 5.60 Å². The fraction of sp³-hybridized carbons (Fsp3) is 0.500. The van der Waals surface area contributed by atoms with Gasteiger partial charge in [0.2, 0.25) is 0 Å². The Morgan fingerprint density at radius 2 is 2.21 bits per heavy atom. The molecule has 0 saturated carbocycles. The highest BCUT2D eigenvalue weighted by Gasteiger charge is 2.34. The Hall–Kier alpha value is -0.860. The first-order valence-corrected chi connectivity index (χ1v) is 5.16. The smallest absolute Gasteiger partial charge is 0.105 e. The van der Waals surface area contributed by atoms with E-state index in [0.717, 1.165) is 12.8 Å². The zero-order chi connectivity index (χ0) is 10.0. The van der Waals surface area contributed by atoms with Crippen molar-refractivity contribution in [3.05, 3.63) is 35.4 Å². The fourth-order valence-electron chi connectivity index (χ4n) is 2.39. The maximum absolute atomic E-state index is 5.84. The van der Waals surface area contributed by atoms with Gasteiger partial charge in [0.25, 0.3) is 0 Å². The predicted octanol–water partition coefficient (Wildman–Crippen LogP) is 1.82.